The Morgan fingerprint density at radius 1 is 1.57 bits per heavy atom. The van der Waals surface area contributed by atoms with Crippen molar-refractivity contribution in [2.45, 2.75) is 33.2 Å². The fourth-order valence-electron chi connectivity index (χ4n) is 2.88. The highest BCUT2D eigenvalue weighted by Crippen LogP contribution is 2.34. The molecule has 8 nitrogen and oxygen atoms in total. The molecule has 1 fully saturated rings. The van der Waals surface area contributed by atoms with Gasteiger partial charge in [0.15, 0.2) is 5.82 Å². The molecule has 1 atom stereocenters. The monoisotopic (exact) mass is 296 g/mol. The zero-order valence-corrected chi connectivity index (χ0v) is 12.3. The Morgan fingerprint density at radius 3 is 2.81 bits per heavy atom. The van der Waals surface area contributed by atoms with E-state index in [4.69, 9.17) is 0 Å². The molecule has 1 unspecified atom stereocenters. The van der Waals surface area contributed by atoms with Crippen molar-refractivity contribution in [3.8, 4) is 0 Å². The Bertz CT molecular complexity index is 556. The molecule has 2 rings (SSSR count). The molecule has 1 aliphatic heterocycles. The zero-order valence-electron chi connectivity index (χ0n) is 12.3. The molecule has 21 heavy (non-hydrogen) atoms. The third-order valence-corrected chi connectivity index (χ3v) is 4.42. The van der Waals surface area contributed by atoms with E-state index in [1.165, 1.54) is 6.20 Å². The number of carboxylic acids is 1. The van der Waals surface area contributed by atoms with Crippen LogP contribution in [0.15, 0.2) is 6.20 Å². The fourth-order valence-corrected chi connectivity index (χ4v) is 2.88. The minimum Gasteiger partial charge on any atom is -0.481 e. The van der Waals surface area contributed by atoms with Gasteiger partial charge in [-0.1, -0.05) is 6.92 Å². The Balaban J connectivity index is 2.01. The van der Waals surface area contributed by atoms with Crippen molar-refractivity contribution >= 4 is 11.8 Å². The van der Waals surface area contributed by atoms with Gasteiger partial charge in [-0.2, -0.15) is 0 Å². The number of aliphatic carboxylic acids is 1. The lowest BCUT2D eigenvalue weighted by Crippen LogP contribution is -2.35. The lowest BCUT2D eigenvalue weighted by atomic mass is 9.84. The molecule has 116 valence electrons. The summed E-state index contributed by atoms with van der Waals surface area (Å²) in [5.74, 6) is -0.176. The normalized spacial score (nSPS) is 22.6. The highest BCUT2D eigenvalue weighted by molar-refractivity contribution is 5.75. The second-order valence-corrected chi connectivity index (χ2v) is 5.54. The molecule has 1 saturated heterocycles. The average molecular weight is 296 g/mol. The molecule has 0 aromatic carbocycles. The smallest absolute Gasteiger partial charge is 0.342 e. The number of aromatic nitrogens is 2. The van der Waals surface area contributed by atoms with Crippen LogP contribution < -0.4 is 0 Å². The van der Waals surface area contributed by atoms with Crippen LogP contribution in [0, 0.1) is 22.5 Å². The molecule has 0 spiro atoms. The first kappa shape index (κ1) is 15.4. The van der Waals surface area contributed by atoms with Crippen LogP contribution in [0.5, 0.6) is 0 Å². The number of nitrogens with zero attached hydrogens (tertiary/aromatic N) is 4. The molecule has 0 saturated carbocycles. The highest BCUT2D eigenvalue weighted by Gasteiger charge is 2.43. The molecule has 1 N–H and O–H groups in total. The van der Waals surface area contributed by atoms with Crippen LogP contribution in [0.3, 0.4) is 0 Å². The van der Waals surface area contributed by atoms with E-state index in [-0.39, 0.29) is 5.82 Å². The highest BCUT2D eigenvalue weighted by atomic mass is 16.6. The molecule has 0 amide bonds. The Labute approximate surface area is 122 Å². The summed E-state index contributed by atoms with van der Waals surface area (Å²) in [7, 11) is 0. The summed E-state index contributed by atoms with van der Waals surface area (Å²) in [6.45, 7) is 5.86. The maximum Gasteiger partial charge on any atom is 0.342 e. The quantitative estimate of drug-likeness (QED) is 0.627. The summed E-state index contributed by atoms with van der Waals surface area (Å²) in [4.78, 5) is 27.9. The van der Waals surface area contributed by atoms with E-state index in [0.717, 1.165) is 0 Å². The maximum absolute atomic E-state index is 11.4. The minimum atomic E-state index is -0.753. The molecule has 1 aromatic rings. The minimum absolute atomic E-state index is 0.0216. The number of carboxylic acid groups (broad SMARTS) is 1. The first-order chi connectivity index (χ1) is 9.89. The number of aryl methyl sites for hydroxylation is 1. The van der Waals surface area contributed by atoms with Crippen molar-refractivity contribution in [1.82, 2.24) is 14.5 Å². The van der Waals surface area contributed by atoms with E-state index in [1.54, 1.807) is 11.5 Å². The van der Waals surface area contributed by atoms with E-state index < -0.39 is 16.3 Å². The Hall–Kier alpha value is -1.96. The van der Waals surface area contributed by atoms with Gasteiger partial charge >= 0.3 is 11.8 Å². The molecule has 0 radical (unpaired) electrons. The molecule has 0 aliphatic carbocycles. The molecule has 1 aliphatic rings. The summed E-state index contributed by atoms with van der Waals surface area (Å²) in [6, 6.07) is 0. The zero-order chi connectivity index (χ0) is 15.6. The van der Waals surface area contributed by atoms with Crippen molar-refractivity contribution in [3.05, 3.63) is 22.1 Å². The van der Waals surface area contributed by atoms with Gasteiger partial charge in [0, 0.05) is 20.0 Å². The van der Waals surface area contributed by atoms with Gasteiger partial charge in [0.1, 0.15) is 12.7 Å². The van der Waals surface area contributed by atoms with E-state index in [1.807, 2.05) is 6.92 Å². The summed E-state index contributed by atoms with van der Waals surface area (Å²) in [6.07, 6.45) is 2.49. The van der Waals surface area contributed by atoms with E-state index >= 15 is 0 Å². The molecule has 8 heteroatoms. The SMILES string of the molecule is CCC1(C(=O)O)CCN(CCn2c([N+](=O)[O-])cnc2C)C1. The van der Waals surface area contributed by atoms with Gasteiger partial charge in [-0.3, -0.25) is 9.69 Å². The summed E-state index contributed by atoms with van der Waals surface area (Å²) in [5.41, 5.74) is -0.671. The number of hydrogen-bond donors (Lipinski definition) is 1. The van der Waals surface area contributed by atoms with Crippen LogP contribution in [0.1, 0.15) is 25.6 Å². The first-order valence-corrected chi connectivity index (χ1v) is 7.02. The molecular formula is C13H20N4O4. The van der Waals surface area contributed by atoms with Crippen molar-refractivity contribution in [2.24, 2.45) is 5.41 Å². The average Bonchev–Trinajstić information content (AvgIpc) is 3.01. The van der Waals surface area contributed by atoms with Gasteiger partial charge in [-0.25, -0.2) is 9.55 Å². The first-order valence-electron chi connectivity index (χ1n) is 7.02. The number of hydrogen-bond acceptors (Lipinski definition) is 5. The number of likely N-dealkylation sites (tertiary alicyclic amines) is 1. The van der Waals surface area contributed by atoms with Crippen LogP contribution in [0.2, 0.25) is 0 Å². The van der Waals surface area contributed by atoms with Crippen LogP contribution in [0.4, 0.5) is 5.82 Å². The van der Waals surface area contributed by atoms with Gasteiger partial charge in [0.2, 0.25) is 0 Å². The van der Waals surface area contributed by atoms with Gasteiger partial charge in [0.05, 0.1) is 5.41 Å². The van der Waals surface area contributed by atoms with Crippen LogP contribution in [-0.2, 0) is 11.3 Å². The summed E-state index contributed by atoms with van der Waals surface area (Å²) >= 11 is 0. The predicted octanol–water partition coefficient (Wildman–Crippen LogP) is 1.29. The largest absolute Gasteiger partial charge is 0.481 e. The number of nitro groups is 1. The second kappa shape index (κ2) is 5.80. The van der Waals surface area contributed by atoms with Crippen LogP contribution in [0.25, 0.3) is 0 Å². The van der Waals surface area contributed by atoms with Gasteiger partial charge in [0.25, 0.3) is 0 Å². The number of imidazole rings is 1. The Kier molecular flexibility index (Phi) is 4.26. The third kappa shape index (κ3) is 2.90. The maximum atomic E-state index is 11.4. The standard InChI is InChI=1S/C13H20N4O4/c1-3-13(12(18)19)4-5-15(9-13)6-7-16-10(2)14-8-11(16)17(20)21/h8H,3-7,9H2,1-2H3,(H,18,19). The molecular weight excluding hydrogens is 276 g/mol. The van der Waals surface area contributed by atoms with Gasteiger partial charge < -0.3 is 15.2 Å². The second-order valence-electron chi connectivity index (χ2n) is 5.54. The van der Waals surface area contributed by atoms with Crippen molar-refractivity contribution < 1.29 is 14.8 Å². The van der Waals surface area contributed by atoms with Crippen molar-refractivity contribution in [1.29, 1.82) is 0 Å². The van der Waals surface area contributed by atoms with E-state index in [0.29, 0.717) is 44.8 Å². The van der Waals surface area contributed by atoms with E-state index in [2.05, 4.69) is 9.88 Å². The number of carbonyl (C=O) groups is 1. The Morgan fingerprint density at radius 2 is 2.29 bits per heavy atom. The molecule has 2 heterocycles. The van der Waals surface area contributed by atoms with Crippen molar-refractivity contribution in [2.75, 3.05) is 19.6 Å². The predicted molar refractivity (Wildman–Crippen MR) is 75.0 cm³/mol. The lowest BCUT2D eigenvalue weighted by Gasteiger charge is -2.22. The summed E-state index contributed by atoms with van der Waals surface area (Å²) < 4.78 is 1.56. The van der Waals surface area contributed by atoms with Gasteiger partial charge in [-0.15, -0.1) is 0 Å². The topological polar surface area (TPSA) is 102 Å². The van der Waals surface area contributed by atoms with Crippen molar-refractivity contribution in [3.63, 3.8) is 0 Å². The molecule has 0 bridgehead atoms. The number of rotatable bonds is 6. The van der Waals surface area contributed by atoms with Crippen LogP contribution in [-0.4, -0.2) is 50.1 Å². The molecule has 1 aromatic heterocycles. The van der Waals surface area contributed by atoms with E-state index in [9.17, 15) is 20.0 Å². The van der Waals surface area contributed by atoms with Gasteiger partial charge in [-0.05, 0) is 24.3 Å². The summed E-state index contributed by atoms with van der Waals surface area (Å²) in [5, 5.41) is 20.3. The fraction of sp³-hybridized carbons (Fsp3) is 0.692. The third-order valence-electron chi connectivity index (χ3n) is 4.42. The van der Waals surface area contributed by atoms with Crippen LogP contribution >= 0.6 is 0 Å². The lowest BCUT2D eigenvalue weighted by molar-refractivity contribution is -0.392.